The van der Waals surface area contributed by atoms with E-state index in [0.29, 0.717) is 31.6 Å². The molecule has 0 spiro atoms. The van der Waals surface area contributed by atoms with Crippen LogP contribution in [-0.4, -0.2) is 43.6 Å². The van der Waals surface area contributed by atoms with Crippen molar-refractivity contribution < 1.29 is 18.3 Å². The number of nitrogens with one attached hydrogen (secondary N) is 1. The number of nitrogens with zero attached hydrogens (tertiary/aromatic N) is 1. The van der Waals surface area contributed by atoms with Crippen LogP contribution in [0.15, 0.2) is 64.4 Å². The normalized spacial score (nSPS) is 15.8. The van der Waals surface area contributed by atoms with Crippen LogP contribution in [0.1, 0.15) is 12.8 Å². The minimum Gasteiger partial charge on any atom is -0.465 e. The minimum atomic E-state index is -3.61. The van der Waals surface area contributed by atoms with Crippen LogP contribution in [0, 0.1) is 0 Å². The highest BCUT2D eigenvalue weighted by Gasteiger charge is 2.25. The SMILES string of the molecule is O=C(O)N1CCC(Nc2ccccc2S(=O)(=O)c2ccccc2)CC1. The molecule has 0 aliphatic carbocycles. The molecule has 2 aromatic carbocycles. The molecule has 1 amide bonds. The number of sulfone groups is 1. The van der Waals surface area contributed by atoms with Gasteiger partial charge in [0.1, 0.15) is 0 Å². The average Bonchev–Trinajstić information content (AvgIpc) is 2.63. The Balaban J connectivity index is 1.82. The van der Waals surface area contributed by atoms with E-state index >= 15 is 0 Å². The molecule has 132 valence electrons. The van der Waals surface area contributed by atoms with Gasteiger partial charge in [-0.15, -0.1) is 0 Å². The van der Waals surface area contributed by atoms with Crippen LogP contribution in [0.25, 0.3) is 0 Å². The van der Waals surface area contributed by atoms with Crippen molar-refractivity contribution in [1.29, 1.82) is 0 Å². The lowest BCUT2D eigenvalue weighted by Crippen LogP contribution is -2.41. The molecule has 2 aromatic rings. The number of likely N-dealkylation sites (tertiary alicyclic amines) is 1. The number of rotatable bonds is 4. The summed E-state index contributed by atoms with van der Waals surface area (Å²) in [6, 6.07) is 15.2. The monoisotopic (exact) mass is 360 g/mol. The molecule has 6 nitrogen and oxygen atoms in total. The predicted molar refractivity (Wildman–Crippen MR) is 94.6 cm³/mol. The van der Waals surface area contributed by atoms with Gasteiger partial charge >= 0.3 is 6.09 Å². The fourth-order valence-corrected chi connectivity index (χ4v) is 4.43. The van der Waals surface area contributed by atoms with Crippen LogP contribution >= 0.6 is 0 Å². The summed E-state index contributed by atoms with van der Waals surface area (Å²) >= 11 is 0. The minimum absolute atomic E-state index is 0.0442. The van der Waals surface area contributed by atoms with E-state index < -0.39 is 15.9 Å². The summed E-state index contributed by atoms with van der Waals surface area (Å²) in [4.78, 5) is 12.9. The quantitative estimate of drug-likeness (QED) is 0.875. The zero-order chi connectivity index (χ0) is 17.9. The van der Waals surface area contributed by atoms with E-state index in [4.69, 9.17) is 5.11 Å². The van der Waals surface area contributed by atoms with Gasteiger partial charge in [-0.3, -0.25) is 0 Å². The Morgan fingerprint density at radius 2 is 1.60 bits per heavy atom. The Morgan fingerprint density at radius 3 is 2.24 bits per heavy atom. The summed E-state index contributed by atoms with van der Waals surface area (Å²) in [5.41, 5.74) is 0.556. The number of benzene rings is 2. The van der Waals surface area contributed by atoms with Gasteiger partial charge in [-0.1, -0.05) is 30.3 Å². The summed E-state index contributed by atoms with van der Waals surface area (Å²) in [5.74, 6) is 0. The number of piperidine rings is 1. The van der Waals surface area contributed by atoms with Crippen molar-refractivity contribution in [1.82, 2.24) is 4.90 Å². The van der Waals surface area contributed by atoms with Crippen molar-refractivity contribution in [2.75, 3.05) is 18.4 Å². The van der Waals surface area contributed by atoms with Crippen molar-refractivity contribution in [3.05, 3.63) is 54.6 Å². The van der Waals surface area contributed by atoms with E-state index in [9.17, 15) is 13.2 Å². The number of hydrogen-bond acceptors (Lipinski definition) is 4. The molecule has 1 heterocycles. The van der Waals surface area contributed by atoms with Gasteiger partial charge in [0.2, 0.25) is 9.84 Å². The second-order valence-electron chi connectivity index (χ2n) is 6.00. The third kappa shape index (κ3) is 3.76. The first-order chi connectivity index (χ1) is 12.0. The third-order valence-corrected chi connectivity index (χ3v) is 6.18. The Kier molecular flexibility index (Phi) is 4.94. The predicted octanol–water partition coefficient (Wildman–Crippen LogP) is 3.07. The molecule has 7 heteroatoms. The van der Waals surface area contributed by atoms with Gasteiger partial charge in [0.15, 0.2) is 0 Å². The summed E-state index contributed by atoms with van der Waals surface area (Å²) in [5, 5.41) is 12.3. The molecule has 1 aliphatic rings. The molecule has 0 aromatic heterocycles. The standard InChI is InChI=1S/C18H20N2O4S/c21-18(22)20-12-10-14(11-13-20)19-16-8-4-5-9-17(16)25(23,24)15-6-2-1-3-7-15/h1-9,14,19H,10-13H2,(H,21,22). The second-order valence-corrected chi connectivity index (χ2v) is 7.92. The number of carboxylic acid groups (broad SMARTS) is 1. The van der Waals surface area contributed by atoms with Gasteiger partial charge in [-0.2, -0.15) is 0 Å². The van der Waals surface area contributed by atoms with Gasteiger partial charge in [-0.25, -0.2) is 13.2 Å². The largest absolute Gasteiger partial charge is 0.465 e. The van der Waals surface area contributed by atoms with Gasteiger partial charge < -0.3 is 15.3 Å². The maximum atomic E-state index is 12.9. The highest BCUT2D eigenvalue weighted by Crippen LogP contribution is 2.29. The fourth-order valence-electron chi connectivity index (χ4n) is 2.98. The van der Waals surface area contributed by atoms with E-state index in [-0.39, 0.29) is 15.8 Å². The van der Waals surface area contributed by atoms with Gasteiger partial charge in [0.25, 0.3) is 0 Å². The van der Waals surface area contributed by atoms with Gasteiger partial charge in [-0.05, 0) is 37.1 Å². The van der Waals surface area contributed by atoms with Crippen LogP contribution in [0.5, 0.6) is 0 Å². The van der Waals surface area contributed by atoms with Crippen molar-refractivity contribution in [3.63, 3.8) is 0 Å². The molecule has 0 bridgehead atoms. The van der Waals surface area contributed by atoms with Crippen LogP contribution in [0.4, 0.5) is 10.5 Å². The summed E-state index contributed by atoms with van der Waals surface area (Å²) in [7, 11) is -3.61. The fraction of sp³-hybridized carbons (Fsp3) is 0.278. The molecule has 1 aliphatic heterocycles. The molecule has 1 fully saturated rings. The Bertz CT molecular complexity index is 844. The Hall–Kier alpha value is -2.54. The molecule has 0 radical (unpaired) electrons. The summed E-state index contributed by atoms with van der Waals surface area (Å²) < 4.78 is 25.8. The van der Waals surface area contributed by atoms with Gasteiger partial charge in [0, 0.05) is 19.1 Å². The number of anilines is 1. The number of hydrogen-bond donors (Lipinski definition) is 2. The number of carbonyl (C=O) groups is 1. The Labute approximate surface area is 147 Å². The molecule has 0 atom stereocenters. The summed E-state index contributed by atoms with van der Waals surface area (Å²) in [6.07, 6.45) is 0.378. The molecule has 1 saturated heterocycles. The Morgan fingerprint density at radius 1 is 1.00 bits per heavy atom. The van der Waals surface area contributed by atoms with E-state index in [1.54, 1.807) is 54.6 Å². The first kappa shape index (κ1) is 17.3. The first-order valence-electron chi connectivity index (χ1n) is 8.12. The highest BCUT2D eigenvalue weighted by atomic mass is 32.2. The molecule has 3 rings (SSSR count). The molecule has 25 heavy (non-hydrogen) atoms. The molecule has 0 saturated carbocycles. The zero-order valence-electron chi connectivity index (χ0n) is 13.6. The third-order valence-electron chi connectivity index (χ3n) is 4.36. The maximum absolute atomic E-state index is 12.9. The lowest BCUT2D eigenvalue weighted by Gasteiger charge is -2.31. The molecular formula is C18H20N2O4S. The molecule has 2 N–H and O–H groups in total. The van der Waals surface area contributed by atoms with E-state index in [0.717, 1.165) is 0 Å². The van der Waals surface area contributed by atoms with Crippen LogP contribution in [-0.2, 0) is 9.84 Å². The maximum Gasteiger partial charge on any atom is 0.407 e. The lowest BCUT2D eigenvalue weighted by molar-refractivity contribution is 0.134. The topological polar surface area (TPSA) is 86.7 Å². The van der Waals surface area contributed by atoms with Crippen LogP contribution in [0.3, 0.4) is 0 Å². The van der Waals surface area contributed by atoms with Crippen molar-refractivity contribution in [2.24, 2.45) is 0 Å². The first-order valence-corrected chi connectivity index (χ1v) is 9.60. The van der Waals surface area contributed by atoms with Crippen molar-refractivity contribution >= 4 is 21.6 Å². The lowest BCUT2D eigenvalue weighted by atomic mass is 10.1. The zero-order valence-corrected chi connectivity index (χ0v) is 14.4. The van der Waals surface area contributed by atoms with Gasteiger partial charge in [0.05, 0.1) is 15.5 Å². The highest BCUT2D eigenvalue weighted by molar-refractivity contribution is 7.91. The van der Waals surface area contributed by atoms with Crippen molar-refractivity contribution in [3.8, 4) is 0 Å². The van der Waals surface area contributed by atoms with Crippen LogP contribution in [0.2, 0.25) is 0 Å². The summed E-state index contributed by atoms with van der Waals surface area (Å²) in [6.45, 7) is 0.890. The van der Waals surface area contributed by atoms with Crippen molar-refractivity contribution in [2.45, 2.75) is 28.7 Å². The second kappa shape index (κ2) is 7.14. The average molecular weight is 360 g/mol. The van der Waals surface area contributed by atoms with Crippen LogP contribution < -0.4 is 5.32 Å². The smallest absolute Gasteiger partial charge is 0.407 e. The van der Waals surface area contributed by atoms with E-state index in [1.807, 2.05) is 0 Å². The number of para-hydroxylation sites is 1. The number of amides is 1. The molecular weight excluding hydrogens is 340 g/mol. The van der Waals surface area contributed by atoms with E-state index in [2.05, 4.69) is 5.32 Å². The molecule has 0 unspecified atom stereocenters. The van der Waals surface area contributed by atoms with E-state index in [1.165, 1.54) is 4.90 Å².